The highest BCUT2D eigenvalue weighted by atomic mass is 35.5. The summed E-state index contributed by atoms with van der Waals surface area (Å²) < 4.78 is 10.8. The molecule has 2 aromatic rings. The molecule has 1 aliphatic rings. The van der Waals surface area contributed by atoms with Crippen LogP contribution in [0.5, 0.6) is 5.75 Å². The fraction of sp³-hybridized carbons (Fsp3) is 0.300. The van der Waals surface area contributed by atoms with Crippen molar-refractivity contribution in [3.05, 3.63) is 58.6 Å². The van der Waals surface area contributed by atoms with Crippen molar-refractivity contribution in [1.29, 1.82) is 0 Å². The average molecular weight is 389 g/mol. The van der Waals surface area contributed by atoms with Gasteiger partial charge in [-0.1, -0.05) is 17.7 Å². The molecule has 0 saturated carbocycles. The predicted molar refractivity (Wildman–Crippen MR) is 103 cm³/mol. The van der Waals surface area contributed by atoms with Gasteiger partial charge in [0.15, 0.2) is 6.61 Å². The van der Waals surface area contributed by atoms with Gasteiger partial charge >= 0.3 is 0 Å². The van der Waals surface area contributed by atoms with Crippen molar-refractivity contribution in [1.82, 2.24) is 4.90 Å². The Morgan fingerprint density at radius 2 is 1.96 bits per heavy atom. The van der Waals surface area contributed by atoms with Crippen LogP contribution in [0, 0.1) is 6.92 Å². The molecular formula is C20H21ClN2O4. The zero-order valence-corrected chi connectivity index (χ0v) is 15.8. The summed E-state index contributed by atoms with van der Waals surface area (Å²) in [7, 11) is 0. The monoisotopic (exact) mass is 388 g/mol. The molecule has 2 aromatic carbocycles. The third-order valence-electron chi connectivity index (χ3n) is 4.19. The minimum Gasteiger partial charge on any atom is -0.484 e. The van der Waals surface area contributed by atoms with Gasteiger partial charge in [-0.25, -0.2) is 0 Å². The largest absolute Gasteiger partial charge is 0.484 e. The minimum atomic E-state index is -0.307. The van der Waals surface area contributed by atoms with Gasteiger partial charge in [-0.3, -0.25) is 9.59 Å². The number of anilines is 1. The molecule has 7 heteroatoms. The van der Waals surface area contributed by atoms with Gasteiger partial charge in [0.2, 0.25) is 0 Å². The first-order valence-corrected chi connectivity index (χ1v) is 9.06. The third-order valence-corrected chi connectivity index (χ3v) is 4.61. The van der Waals surface area contributed by atoms with E-state index in [1.807, 2.05) is 6.92 Å². The summed E-state index contributed by atoms with van der Waals surface area (Å²) in [6.45, 7) is 3.97. The van der Waals surface area contributed by atoms with Gasteiger partial charge in [0.05, 0.1) is 13.2 Å². The van der Waals surface area contributed by atoms with Crippen molar-refractivity contribution >= 4 is 29.1 Å². The molecule has 0 unspecified atom stereocenters. The number of hydrogen-bond donors (Lipinski definition) is 1. The van der Waals surface area contributed by atoms with Gasteiger partial charge in [0.1, 0.15) is 5.75 Å². The molecule has 142 valence electrons. The Labute approximate surface area is 163 Å². The number of rotatable bonds is 5. The molecule has 1 heterocycles. The normalized spacial score (nSPS) is 13.9. The fourth-order valence-electron chi connectivity index (χ4n) is 2.73. The Morgan fingerprint density at radius 1 is 1.19 bits per heavy atom. The molecular weight excluding hydrogens is 368 g/mol. The van der Waals surface area contributed by atoms with E-state index in [4.69, 9.17) is 21.1 Å². The van der Waals surface area contributed by atoms with Crippen LogP contribution in [0.2, 0.25) is 5.02 Å². The van der Waals surface area contributed by atoms with Gasteiger partial charge in [-0.2, -0.15) is 0 Å². The van der Waals surface area contributed by atoms with E-state index < -0.39 is 0 Å². The molecule has 3 rings (SSSR count). The van der Waals surface area contributed by atoms with Crippen LogP contribution in [0.4, 0.5) is 5.69 Å². The second-order valence-corrected chi connectivity index (χ2v) is 6.64. The highest BCUT2D eigenvalue weighted by molar-refractivity contribution is 6.31. The third kappa shape index (κ3) is 5.21. The Bertz CT molecular complexity index is 834. The van der Waals surface area contributed by atoms with E-state index in [0.717, 1.165) is 5.56 Å². The Morgan fingerprint density at radius 3 is 2.70 bits per heavy atom. The van der Waals surface area contributed by atoms with Crippen molar-refractivity contribution in [3.8, 4) is 5.75 Å². The molecule has 0 radical (unpaired) electrons. The molecule has 0 bridgehead atoms. The summed E-state index contributed by atoms with van der Waals surface area (Å²) >= 11 is 5.97. The number of halogens is 1. The number of morpholine rings is 1. The van der Waals surface area contributed by atoms with E-state index in [2.05, 4.69) is 5.32 Å². The molecule has 1 aliphatic heterocycles. The lowest BCUT2D eigenvalue weighted by molar-refractivity contribution is -0.118. The van der Waals surface area contributed by atoms with E-state index in [9.17, 15) is 9.59 Å². The second kappa shape index (κ2) is 8.88. The fourth-order valence-corrected chi connectivity index (χ4v) is 2.85. The van der Waals surface area contributed by atoms with Gasteiger partial charge in [0.25, 0.3) is 11.8 Å². The summed E-state index contributed by atoms with van der Waals surface area (Å²) in [6, 6.07) is 12.1. The molecule has 2 amide bonds. The summed E-state index contributed by atoms with van der Waals surface area (Å²) in [6.07, 6.45) is 0. The lowest BCUT2D eigenvalue weighted by Crippen LogP contribution is -2.40. The lowest BCUT2D eigenvalue weighted by atomic mass is 10.1. The number of amides is 2. The van der Waals surface area contributed by atoms with E-state index in [0.29, 0.717) is 48.3 Å². The number of carbonyl (C=O) groups is 2. The minimum absolute atomic E-state index is 0.0673. The molecule has 0 spiro atoms. The summed E-state index contributed by atoms with van der Waals surface area (Å²) in [4.78, 5) is 26.4. The molecule has 27 heavy (non-hydrogen) atoms. The van der Waals surface area contributed by atoms with Crippen LogP contribution < -0.4 is 10.1 Å². The summed E-state index contributed by atoms with van der Waals surface area (Å²) in [5, 5.41) is 3.40. The quantitative estimate of drug-likeness (QED) is 0.854. The van der Waals surface area contributed by atoms with Crippen molar-refractivity contribution in [3.63, 3.8) is 0 Å². The van der Waals surface area contributed by atoms with Crippen LogP contribution in [0.15, 0.2) is 42.5 Å². The van der Waals surface area contributed by atoms with Crippen LogP contribution in [0.1, 0.15) is 15.9 Å². The first kappa shape index (κ1) is 19.2. The van der Waals surface area contributed by atoms with Crippen molar-refractivity contribution in [2.24, 2.45) is 0 Å². The highest BCUT2D eigenvalue weighted by Crippen LogP contribution is 2.21. The first-order valence-electron chi connectivity index (χ1n) is 8.69. The van der Waals surface area contributed by atoms with Crippen molar-refractivity contribution < 1.29 is 19.1 Å². The van der Waals surface area contributed by atoms with Gasteiger partial charge in [-0.05, 0) is 48.9 Å². The first-order chi connectivity index (χ1) is 13.0. The Hall–Kier alpha value is -2.57. The van der Waals surface area contributed by atoms with Gasteiger partial charge in [0, 0.05) is 29.4 Å². The van der Waals surface area contributed by atoms with E-state index in [1.165, 1.54) is 0 Å². The smallest absolute Gasteiger partial charge is 0.262 e. The number of aryl methyl sites for hydroxylation is 1. The molecule has 1 N–H and O–H groups in total. The van der Waals surface area contributed by atoms with Gasteiger partial charge in [-0.15, -0.1) is 0 Å². The number of ether oxygens (including phenoxy) is 2. The maximum atomic E-state index is 12.5. The van der Waals surface area contributed by atoms with Gasteiger partial charge < -0.3 is 19.7 Å². The number of carbonyl (C=O) groups excluding carboxylic acids is 2. The van der Waals surface area contributed by atoms with Crippen LogP contribution in [0.3, 0.4) is 0 Å². The van der Waals surface area contributed by atoms with Crippen LogP contribution in [-0.2, 0) is 9.53 Å². The van der Waals surface area contributed by atoms with E-state index >= 15 is 0 Å². The number of hydrogen-bond acceptors (Lipinski definition) is 4. The standard InChI is InChI=1S/C20H21ClN2O4/c1-14-11-17(5-6-18(14)21)27-13-19(24)22-16-4-2-3-15(12-16)20(25)23-7-9-26-10-8-23/h2-6,11-12H,7-10,13H2,1H3,(H,22,24). The zero-order valence-electron chi connectivity index (χ0n) is 15.0. The number of benzene rings is 2. The SMILES string of the molecule is Cc1cc(OCC(=O)Nc2cccc(C(=O)N3CCOCC3)c2)ccc1Cl. The van der Waals surface area contributed by atoms with Crippen LogP contribution in [0.25, 0.3) is 0 Å². The summed E-state index contributed by atoms with van der Waals surface area (Å²) in [5.41, 5.74) is 1.96. The van der Waals surface area contributed by atoms with E-state index in [1.54, 1.807) is 47.4 Å². The predicted octanol–water partition coefficient (Wildman–Crippen LogP) is 3.14. The van der Waals surface area contributed by atoms with Crippen LogP contribution in [-0.4, -0.2) is 49.6 Å². The molecule has 1 fully saturated rings. The average Bonchev–Trinajstić information content (AvgIpc) is 2.69. The molecule has 0 aromatic heterocycles. The molecule has 6 nitrogen and oxygen atoms in total. The van der Waals surface area contributed by atoms with Crippen LogP contribution >= 0.6 is 11.6 Å². The number of nitrogens with zero attached hydrogens (tertiary/aromatic N) is 1. The van der Waals surface area contributed by atoms with E-state index in [-0.39, 0.29) is 18.4 Å². The Kier molecular flexibility index (Phi) is 6.32. The zero-order chi connectivity index (χ0) is 19.2. The molecule has 0 aliphatic carbocycles. The number of nitrogens with one attached hydrogen (secondary N) is 1. The summed E-state index contributed by atoms with van der Waals surface area (Å²) in [5.74, 6) is 0.198. The molecule has 0 atom stereocenters. The topological polar surface area (TPSA) is 67.9 Å². The maximum Gasteiger partial charge on any atom is 0.262 e. The maximum absolute atomic E-state index is 12.5. The lowest BCUT2D eigenvalue weighted by Gasteiger charge is -2.27. The Balaban J connectivity index is 1.57. The van der Waals surface area contributed by atoms with Crippen molar-refractivity contribution in [2.75, 3.05) is 38.2 Å². The molecule has 1 saturated heterocycles. The highest BCUT2D eigenvalue weighted by Gasteiger charge is 2.18. The van der Waals surface area contributed by atoms with Crippen molar-refractivity contribution in [2.45, 2.75) is 6.92 Å². The second-order valence-electron chi connectivity index (χ2n) is 6.23.